The van der Waals surface area contributed by atoms with Crippen LogP contribution < -0.4 is 10.2 Å². The van der Waals surface area contributed by atoms with Gasteiger partial charge < -0.3 is 10.2 Å². The summed E-state index contributed by atoms with van der Waals surface area (Å²) in [7, 11) is 1.89. The van der Waals surface area contributed by atoms with Crippen molar-refractivity contribution in [2.24, 2.45) is 7.05 Å². The third-order valence-corrected chi connectivity index (χ3v) is 5.70. The van der Waals surface area contributed by atoms with Crippen LogP contribution in [-0.4, -0.2) is 69.8 Å². The topological polar surface area (TPSA) is 79.2 Å². The average molecular weight is 384 g/mol. The van der Waals surface area contributed by atoms with Gasteiger partial charge in [0.25, 0.3) is 0 Å². The molecule has 2 aromatic heterocycles. The van der Waals surface area contributed by atoms with Crippen molar-refractivity contribution in [3.05, 3.63) is 24.2 Å². The number of carbonyl (C=O) groups excluding carboxylic acids is 1. The highest BCUT2D eigenvalue weighted by atomic mass is 16.2. The van der Waals surface area contributed by atoms with E-state index >= 15 is 0 Å². The number of nitrogens with zero attached hydrogens (tertiary/aromatic N) is 6. The molecule has 1 amide bonds. The summed E-state index contributed by atoms with van der Waals surface area (Å²) in [5, 5.41) is 8.35. The third kappa shape index (κ3) is 4.32. The van der Waals surface area contributed by atoms with Gasteiger partial charge >= 0.3 is 0 Å². The molecule has 0 bridgehead atoms. The van der Waals surface area contributed by atoms with Crippen LogP contribution in [0.15, 0.2) is 24.2 Å². The van der Waals surface area contributed by atoms with Gasteiger partial charge in [0.15, 0.2) is 5.65 Å². The van der Waals surface area contributed by atoms with Crippen molar-refractivity contribution in [1.29, 1.82) is 0 Å². The molecule has 28 heavy (non-hydrogen) atoms. The Morgan fingerprint density at radius 3 is 2.82 bits per heavy atom. The van der Waals surface area contributed by atoms with Crippen LogP contribution in [0.3, 0.4) is 0 Å². The molecule has 8 nitrogen and oxygen atoms in total. The maximum atomic E-state index is 12.3. The van der Waals surface area contributed by atoms with Crippen LogP contribution in [0, 0.1) is 0 Å². The molecule has 1 fully saturated rings. The predicted octanol–water partition coefficient (Wildman–Crippen LogP) is 1.49. The van der Waals surface area contributed by atoms with Crippen molar-refractivity contribution in [3.63, 3.8) is 0 Å². The van der Waals surface area contributed by atoms with E-state index in [-0.39, 0.29) is 5.91 Å². The zero-order valence-electron chi connectivity index (χ0n) is 16.6. The maximum Gasteiger partial charge on any atom is 0.234 e. The Labute approximate surface area is 165 Å². The summed E-state index contributed by atoms with van der Waals surface area (Å²) in [6.45, 7) is 4.63. The van der Waals surface area contributed by atoms with Crippen LogP contribution in [0.1, 0.15) is 32.1 Å². The number of aromatic nitrogens is 4. The summed E-state index contributed by atoms with van der Waals surface area (Å²) in [5.74, 6) is 1.06. The fourth-order valence-electron chi connectivity index (χ4n) is 4.07. The van der Waals surface area contributed by atoms with Crippen molar-refractivity contribution in [1.82, 2.24) is 30.0 Å². The number of nitrogens with one attached hydrogen (secondary N) is 1. The van der Waals surface area contributed by atoms with Gasteiger partial charge in [0.1, 0.15) is 12.1 Å². The molecule has 2 aromatic rings. The number of anilines is 1. The summed E-state index contributed by atoms with van der Waals surface area (Å²) in [6.07, 6.45) is 11.8. The second kappa shape index (κ2) is 8.68. The Morgan fingerprint density at radius 1 is 1.18 bits per heavy atom. The smallest absolute Gasteiger partial charge is 0.234 e. The molecule has 4 rings (SSSR count). The number of hydrogen-bond donors (Lipinski definition) is 1. The monoisotopic (exact) mass is 383 g/mol. The number of hydrogen-bond acceptors (Lipinski definition) is 6. The lowest BCUT2D eigenvalue weighted by atomic mass is 9.97. The molecular weight excluding hydrogens is 354 g/mol. The molecule has 0 saturated carbocycles. The molecule has 0 aromatic carbocycles. The van der Waals surface area contributed by atoms with Crippen molar-refractivity contribution in [3.8, 4) is 0 Å². The minimum absolute atomic E-state index is 0.126. The highest BCUT2D eigenvalue weighted by Crippen LogP contribution is 2.23. The minimum Gasteiger partial charge on any atom is -0.355 e. The molecule has 0 spiro atoms. The first-order valence-electron chi connectivity index (χ1n) is 10.3. The molecule has 3 heterocycles. The van der Waals surface area contributed by atoms with E-state index in [4.69, 9.17) is 0 Å². The SMILES string of the molecule is Cn1ncc2c(N3CCN(CC(=O)NCCC4=CCCCC4)CC3)ncnc21. The number of fused-ring (bicyclic) bond motifs is 1. The number of rotatable bonds is 6. The van der Waals surface area contributed by atoms with E-state index in [2.05, 4.69) is 36.3 Å². The van der Waals surface area contributed by atoms with Crippen LogP contribution in [0.5, 0.6) is 0 Å². The van der Waals surface area contributed by atoms with Crippen LogP contribution in [-0.2, 0) is 11.8 Å². The Morgan fingerprint density at radius 2 is 2.04 bits per heavy atom. The van der Waals surface area contributed by atoms with Gasteiger partial charge in [-0.3, -0.25) is 14.4 Å². The van der Waals surface area contributed by atoms with Crippen molar-refractivity contribution in [2.75, 3.05) is 44.2 Å². The Hall–Kier alpha value is -2.48. The quantitative estimate of drug-likeness (QED) is 0.762. The number of allylic oxidation sites excluding steroid dienone is 1. The molecule has 0 atom stereocenters. The molecular formula is C20H29N7O. The number of amides is 1. The molecule has 1 aliphatic carbocycles. The van der Waals surface area contributed by atoms with E-state index in [0.717, 1.165) is 56.0 Å². The number of piperazine rings is 1. The third-order valence-electron chi connectivity index (χ3n) is 5.70. The largest absolute Gasteiger partial charge is 0.355 e. The van der Waals surface area contributed by atoms with Gasteiger partial charge in [0, 0.05) is 39.8 Å². The van der Waals surface area contributed by atoms with Gasteiger partial charge in [0.2, 0.25) is 5.91 Å². The summed E-state index contributed by atoms with van der Waals surface area (Å²) in [6, 6.07) is 0. The second-order valence-electron chi connectivity index (χ2n) is 7.67. The Bertz CT molecular complexity index is 851. The second-order valence-corrected chi connectivity index (χ2v) is 7.67. The van der Waals surface area contributed by atoms with Crippen LogP contribution in [0.25, 0.3) is 11.0 Å². The van der Waals surface area contributed by atoms with E-state index in [1.165, 1.54) is 31.3 Å². The van der Waals surface area contributed by atoms with Crippen LogP contribution >= 0.6 is 0 Å². The van der Waals surface area contributed by atoms with E-state index in [1.807, 2.05) is 13.2 Å². The normalized spacial score (nSPS) is 18.3. The zero-order valence-corrected chi connectivity index (χ0v) is 16.6. The maximum absolute atomic E-state index is 12.3. The Kier molecular flexibility index (Phi) is 5.85. The molecule has 8 heteroatoms. The fraction of sp³-hybridized carbons (Fsp3) is 0.600. The standard InChI is InChI=1S/C20H29N7O/c1-25-19-17(13-24-25)20(23-15-22-19)27-11-9-26(10-12-27)14-18(28)21-8-7-16-5-3-2-4-6-16/h5,13,15H,2-4,6-12,14H2,1H3,(H,21,28). The number of aryl methyl sites for hydroxylation is 1. The first kappa shape index (κ1) is 18.9. The first-order valence-corrected chi connectivity index (χ1v) is 10.3. The van der Waals surface area contributed by atoms with E-state index in [0.29, 0.717) is 6.54 Å². The van der Waals surface area contributed by atoms with E-state index < -0.39 is 0 Å². The molecule has 1 saturated heterocycles. The van der Waals surface area contributed by atoms with E-state index in [1.54, 1.807) is 11.0 Å². The minimum atomic E-state index is 0.126. The molecule has 150 valence electrons. The zero-order chi connectivity index (χ0) is 19.3. The highest BCUT2D eigenvalue weighted by molar-refractivity contribution is 5.86. The molecule has 0 unspecified atom stereocenters. The van der Waals surface area contributed by atoms with Crippen LogP contribution in [0.2, 0.25) is 0 Å². The Balaban J connectivity index is 1.23. The average Bonchev–Trinajstić information content (AvgIpc) is 3.11. The molecule has 2 aliphatic rings. The summed E-state index contributed by atoms with van der Waals surface area (Å²) < 4.78 is 1.77. The summed E-state index contributed by atoms with van der Waals surface area (Å²) in [5.41, 5.74) is 2.35. The van der Waals surface area contributed by atoms with Gasteiger partial charge in [-0.05, 0) is 32.1 Å². The molecule has 1 N–H and O–H groups in total. The van der Waals surface area contributed by atoms with Crippen LogP contribution in [0.4, 0.5) is 5.82 Å². The lowest BCUT2D eigenvalue weighted by molar-refractivity contribution is -0.122. The van der Waals surface area contributed by atoms with Gasteiger partial charge in [0.05, 0.1) is 18.1 Å². The van der Waals surface area contributed by atoms with Gasteiger partial charge in [-0.25, -0.2) is 9.97 Å². The predicted molar refractivity (Wildman–Crippen MR) is 109 cm³/mol. The van der Waals surface area contributed by atoms with Gasteiger partial charge in [-0.1, -0.05) is 11.6 Å². The lowest BCUT2D eigenvalue weighted by Gasteiger charge is -2.35. The molecule has 1 aliphatic heterocycles. The summed E-state index contributed by atoms with van der Waals surface area (Å²) in [4.78, 5) is 25.5. The first-order chi connectivity index (χ1) is 13.7. The highest BCUT2D eigenvalue weighted by Gasteiger charge is 2.22. The van der Waals surface area contributed by atoms with Gasteiger partial charge in [-0.2, -0.15) is 5.10 Å². The van der Waals surface area contributed by atoms with E-state index in [9.17, 15) is 4.79 Å². The van der Waals surface area contributed by atoms with Gasteiger partial charge in [-0.15, -0.1) is 0 Å². The van der Waals surface area contributed by atoms with Crippen molar-refractivity contribution < 1.29 is 4.79 Å². The fourth-order valence-corrected chi connectivity index (χ4v) is 4.07. The lowest BCUT2D eigenvalue weighted by Crippen LogP contribution is -2.49. The number of carbonyl (C=O) groups is 1. The van der Waals surface area contributed by atoms with Crippen molar-refractivity contribution >= 4 is 22.8 Å². The molecule has 0 radical (unpaired) electrons. The summed E-state index contributed by atoms with van der Waals surface area (Å²) >= 11 is 0. The van der Waals surface area contributed by atoms with Crippen molar-refractivity contribution in [2.45, 2.75) is 32.1 Å².